The Labute approximate surface area is 152 Å². The minimum atomic E-state index is -5.08. The molecule has 0 aliphatic carbocycles. The molecule has 144 valence electrons. The second-order valence-electron chi connectivity index (χ2n) is 5.72. The topological polar surface area (TPSA) is 78.4 Å². The molecule has 0 aromatic heterocycles. The summed E-state index contributed by atoms with van der Waals surface area (Å²) in [6.07, 6.45) is -5.08. The van der Waals surface area contributed by atoms with Crippen LogP contribution >= 0.6 is 0 Å². The molecule has 1 atom stereocenters. The third-order valence-corrected chi connectivity index (χ3v) is 3.80. The molecule has 3 N–H and O–H groups in total. The van der Waals surface area contributed by atoms with Gasteiger partial charge in [-0.05, 0) is 23.3 Å². The van der Waals surface area contributed by atoms with Crippen molar-refractivity contribution in [1.29, 1.82) is 0 Å². The summed E-state index contributed by atoms with van der Waals surface area (Å²) in [5.41, 5.74) is -3.32. The number of carbonyl (C=O) groups is 2. The Morgan fingerprint density at radius 2 is 1.44 bits per heavy atom. The molecule has 0 saturated heterocycles. The molecule has 9 heteroatoms. The highest BCUT2D eigenvalue weighted by atomic mass is 19.4. The average Bonchev–Trinajstić information content (AvgIpc) is 2.64. The maximum Gasteiger partial charge on any atom is 0.423 e. The zero-order valence-corrected chi connectivity index (χ0v) is 13.9. The number of halogens is 4. The van der Waals surface area contributed by atoms with E-state index in [0.717, 1.165) is 24.3 Å². The third-order valence-electron chi connectivity index (χ3n) is 3.80. The van der Waals surface area contributed by atoms with E-state index < -0.39 is 41.5 Å². The number of benzene rings is 2. The SMILES string of the molecule is O=C(NCc1ccc(F)cc1)C(=O)NC[C@@](O)(c1ccccc1)C(F)(F)F. The fraction of sp³-hybridized carbons (Fsp3) is 0.222. The fourth-order valence-corrected chi connectivity index (χ4v) is 2.23. The normalized spacial score (nSPS) is 13.5. The van der Waals surface area contributed by atoms with E-state index in [1.54, 1.807) is 5.32 Å². The second-order valence-corrected chi connectivity index (χ2v) is 5.72. The highest BCUT2D eigenvalue weighted by Gasteiger charge is 2.55. The van der Waals surface area contributed by atoms with Crippen molar-refractivity contribution in [3.8, 4) is 0 Å². The summed E-state index contributed by atoms with van der Waals surface area (Å²) in [6, 6.07) is 11.3. The van der Waals surface area contributed by atoms with E-state index >= 15 is 0 Å². The fourth-order valence-electron chi connectivity index (χ4n) is 2.23. The lowest BCUT2D eigenvalue weighted by molar-refractivity contribution is -0.264. The summed E-state index contributed by atoms with van der Waals surface area (Å²) >= 11 is 0. The van der Waals surface area contributed by atoms with Gasteiger partial charge in [-0.3, -0.25) is 9.59 Å². The summed E-state index contributed by atoms with van der Waals surface area (Å²) in [5.74, 6) is -3.00. The summed E-state index contributed by atoms with van der Waals surface area (Å²) in [7, 11) is 0. The van der Waals surface area contributed by atoms with Gasteiger partial charge in [0.25, 0.3) is 0 Å². The lowest BCUT2D eigenvalue weighted by Crippen LogP contribution is -2.53. The van der Waals surface area contributed by atoms with E-state index in [1.165, 1.54) is 30.3 Å². The first kappa shape index (κ1) is 20.4. The van der Waals surface area contributed by atoms with Gasteiger partial charge in [0.05, 0.1) is 6.54 Å². The molecule has 0 saturated carbocycles. The van der Waals surface area contributed by atoms with Crippen molar-refractivity contribution >= 4 is 11.8 Å². The largest absolute Gasteiger partial charge is 0.423 e. The Balaban J connectivity index is 1.99. The highest BCUT2D eigenvalue weighted by molar-refractivity contribution is 6.35. The van der Waals surface area contributed by atoms with Crippen LogP contribution in [0.15, 0.2) is 54.6 Å². The van der Waals surface area contributed by atoms with Gasteiger partial charge in [0.1, 0.15) is 5.82 Å². The van der Waals surface area contributed by atoms with Crippen molar-refractivity contribution in [2.24, 2.45) is 0 Å². The number of carbonyl (C=O) groups excluding carboxylic acids is 2. The molecular formula is C18H16F4N2O3. The number of aliphatic hydroxyl groups is 1. The molecule has 0 radical (unpaired) electrons. The molecule has 27 heavy (non-hydrogen) atoms. The molecule has 0 bridgehead atoms. The van der Waals surface area contributed by atoms with Gasteiger partial charge in [0, 0.05) is 6.54 Å². The first-order valence-corrected chi connectivity index (χ1v) is 7.78. The van der Waals surface area contributed by atoms with Crippen LogP contribution < -0.4 is 10.6 Å². The molecular weight excluding hydrogens is 368 g/mol. The van der Waals surface area contributed by atoms with Crippen LogP contribution in [0, 0.1) is 5.82 Å². The zero-order chi connectivity index (χ0) is 20.1. The zero-order valence-electron chi connectivity index (χ0n) is 13.9. The molecule has 2 amide bonds. The maximum absolute atomic E-state index is 13.3. The number of alkyl halides is 3. The monoisotopic (exact) mass is 384 g/mol. The average molecular weight is 384 g/mol. The van der Waals surface area contributed by atoms with Gasteiger partial charge in [-0.25, -0.2) is 4.39 Å². The number of hydrogen-bond acceptors (Lipinski definition) is 3. The molecule has 0 aliphatic rings. The van der Waals surface area contributed by atoms with Crippen molar-refractivity contribution in [2.75, 3.05) is 6.54 Å². The van der Waals surface area contributed by atoms with Gasteiger partial charge in [-0.1, -0.05) is 42.5 Å². The minimum Gasteiger partial charge on any atom is -0.375 e. The van der Waals surface area contributed by atoms with Gasteiger partial charge < -0.3 is 15.7 Å². The van der Waals surface area contributed by atoms with E-state index in [4.69, 9.17) is 0 Å². The number of hydrogen-bond donors (Lipinski definition) is 3. The van der Waals surface area contributed by atoms with E-state index in [-0.39, 0.29) is 6.54 Å². The molecule has 2 aromatic rings. The van der Waals surface area contributed by atoms with E-state index in [0.29, 0.717) is 5.56 Å². The first-order valence-electron chi connectivity index (χ1n) is 7.78. The number of amides is 2. The Morgan fingerprint density at radius 1 is 0.889 bits per heavy atom. The van der Waals surface area contributed by atoms with Gasteiger partial charge >= 0.3 is 18.0 Å². The summed E-state index contributed by atoms with van der Waals surface area (Å²) in [6.45, 7) is -1.35. The minimum absolute atomic E-state index is 0.116. The molecule has 0 unspecified atom stereocenters. The quantitative estimate of drug-likeness (QED) is 0.545. The standard InChI is InChI=1S/C18H16F4N2O3/c19-14-8-6-12(7-9-14)10-23-15(25)16(26)24-11-17(27,18(20,21)22)13-4-2-1-3-5-13/h1-9,27H,10-11H2,(H,23,25)(H,24,26)/t17-/m1/s1. The van der Waals surface area contributed by atoms with Crippen molar-refractivity contribution in [1.82, 2.24) is 10.6 Å². The van der Waals surface area contributed by atoms with Gasteiger partial charge in [0.2, 0.25) is 5.60 Å². The smallest absolute Gasteiger partial charge is 0.375 e. The van der Waals surface area contributed by atoms with Crippen molar-refractivity contribution in [2.45, 2.75) is 18.3 Å². The number of nitrogens with one attached hydrogen (secondary N) is 2. The van der Waals surface area contributed by atoms with Crippen LogP contribution in [0.1, 0.15) is 11.1 Å². The molecule has 2 aromatic carbocycles. The van der Waals surface area contributed by atoms with Gasteiger partial charge in [0.15, 0.2) is 0 Å². The Hall–Kier alpha value is -2.94. The Morgan fingerprint density at radius 3 is 2.00 bits per heavy atom. The van der Waals surface area contributed by atoms with Crippen LogP contribution in [0.3, 0.4) is 0 Å². The molecule has 0 heterocycles. The molecule has 0 fully saturated rings. The predicted octanol–water partition coefficient (Wildman–Crippen LogP) is 2.01. The Bertz CT molecular complexity index is 795. The highest BCUT2D eigenvalue weighted by Crippen LogP contribution is 2.38. The third kappa shape index (κ3) is 5.04. The van der Waals surface area contributed by atoms with Crippen LogP contribution in [-0.4, -0.2) is 29.6 Å². The lowest BCUT2D eigenvalue weighted by Gasteiger charge is -2.31. The van der Waals surface area contributed by atoms with Crippen LogP contribution in [0.5, 0.6) is 0 Å². The first-order chi connectivity index (χ1) is 12.6. The van der Waals surface area contributed by atoms with Crippen LogP contribution in [0.2, 0.25) is 0 Å². The number of rotatable bonds is 5. The Kier molecular flexibility index (Phi) is 6.17. The van der Waals surface area contributed by atoms with Gasteiger partial charge in [-0.15, -0.1) is 0 Å². The predicted molar refractivity (Wildman–Crippen MR) is 87.7 cm³/mol. The van der Waals surface area contributed by atoms with E-state index in [1.807, 2.05) is 0 Å². The molecule has 2 rings (SSSR count). The van der Waals surface area contributed by atoms with Crippen molar-refractivity contribution in [3.05, 3.63) is 71.5 Å². The van der Waals surface area contributed by atoms with Crippen LogP contribution in [-0.2, 0) is 21.7 Å². The molecule has 0 spiro atoms. The van der Waals surface area contributed by atoms with Gasteiger partial charge in [-0.2, -0.15) is 13.2 Å². The van der Waals surface area contributed by atoms with Crippen molar-refractivity contribution in [3.63, 3.8) is 0 Å². The van der Waals surface area contributed by atoms with Crippen LogP contribution in [0.4, 0.5) is 17.6 Å². The molecule has 5 nitrogen and oxygen atoms in total. The summed E-state index contributed by atoms with van der Waals surface area (Å²) in [5, 5.41) is 14.1. The second kappa shape index (κ2) is 8.17. The summed E-state index contributed by atoms with van der Waals surface area (Å²) < 4.78 is 52.7. The van der Waals surface area contributed by atoms with E-state index in [9.17, 15) is 32.3 Å². The van der Waals surface area contributed by atoms with Crippen LogP contribution in [0.25, 0.3) is 0 Å². The lowest BCUT2D eigenvalue weighted by atomic mass is 9.93. The molecule has 0 aliphatic heterocycles. The maximum atomic E-state index is 13.3. The van der Waals surface area contributed by atoms with E-state index in [2.05, 4.69) is 5.32 Å². The summed E-state index contributed by atoms with van der Waals surface area (Å²) in [4.78, 5) is 23.5. The van der Waals surface area contributed by atoms with Crippen molar-refractivity contribution < 1.29 is 32.3 Å².